The summed E-state index contributed by atoms with van der Waals surface area (Å²) in [6.07, 6.45) is 0. The highest BCUT2D eigenvalue weighted by molar-refractivity contribution is 9.10. The monoisotopic (exact) mass is 303 g/mol. The van der Waals surface area contributed by atoms with Crippen molar-refractivity contribution < 1.29 is 0 Å². The van der Waals surface area contributed by atoms with Gasteiger partial charge in [-0.3, -0.25) is 9.78 Å². The summed E-state index contributed by atoms with van der Waals surface area (Å²) in [5, 5.41) is 3.73. The van der Waals surface area contributed by atoms with E-state index in [4.69, 9.17) is 23.8 Å². The Bertz CT molecular complexity index is 561. The van der Waals surface area contributed by atoms with E-state index in [2.05, 4.69) is 26.0 Å². The number of hydrogen-bond donors (Lipinski definition) is 1. The number of rotatable bonds is 1. The molecule has 1 heterocycles. The van der Waals surface area contributed by atoms with E-state index >= 15 is 0 Å². The summed E-state index contributed by atoms with van der Waals surface area (Å²) in [6, 6.07) is 5.52. The first-order valence-corrected chi connectivity index (χ1v) is 5.74. The molecule has 0 bridgehead atoms. The lowest BCUT2D eigenvalue weighted by Crippen LogP contribution is -1.89. The van der Waals surface area contributed by atoms with Gasteiger partial charge in [0.05, 0.1) is 0 Å². The second kappa shape index (κ2) is 4.08. The average Bonchev–Trinajstić information content (AvgIpc) is 2.46. The molecule has 78 valence electrons. The van der Waals surface area contributed by atoms with Crippen molar-refractivity contribution in [3.8, 4) is 11.4 Å². The van der Waals surface area contributed by atoms with E-state index in [0.717, 1.165) is 15.9 Å². The molecule has 0 amide bonds. The first kappa shape index (κ1) is 10.9. The van der Waals surface area contributed by atoms with E-state index in [1.165, 1.54) is 0 Å². The molecule has 0 aliphatic carbocycles. The second-order valence-electron chi connectivity index (χ2n) is 3.04. The minimum absolute atomic E-state index is 0.520. The Hall–Kier alpha value is -0.650. The highest BCUT2D eigenvalue weighted by Gasteiger charge is 2.07. The molecule has 3 nitrogen and oxygen atoms in total. The fourth-order valence-corrected chi connectivity index (χ4v) is 2.21. The third-order valence-corrected chi connectivity index (χ3v) is 3.21. The van der Waals surface area contributed by atoms with Crippen molar-refractivity contribution in [3.05, 3.63) is 32.5 Å². The number of benzene rings is 1. The van der Waals surface area contributed by atoms with Crippen LogP contribution in [-0.2, 0) is 7.05 Å². The maximum absolute atomic E-state index is 5.85. The maximum Gasteiger partial charge on any atom is 0.216 e. The van der Waals surface area contributed by atoms with Crippen LogP contribution in [0.3, 0.4) is 0 Å². The number of hydrogen-bond acceptors (Lipinski definition) is 2. The van der Waals surface area contributed by atoms with Gasteiger partial charge in [0, 0.05) is 22.1 Å². The molecule has 0 fully saturated rings. The average molecular weight is 305 g/mol. The number of nitrogens with zero attached hydrogens (tertiary/aromatic N) is 2. The summed E-state index contributed by atoms with van der Waals surface area (Å²) in [6.45, 7) is 0. The summed E-state index contributed by atoms with van der Waals surface area (Å²) in [5.74, 6) is 0.728. The van der Waals surface area contributed by atoms with E-state index in [9.17, 15) is 0 Å². The molecule has 0 aliphatic heterocycles. The Morgan fingerprint density at radius 3 is 2.80 bits per heavy atom. The van der Waals surface area contributed by atoms with Gasteiger partial charge in [-0.15, -0.1) is 0 Å². The Morgan fingerprint density at radius 2 is 2.27 bits per heavy atom. The van der Waals surface area contributed by atoms with Crippen LogP contribution >= 0.6 is 39.7 Å². The van der Waals surface area contributed by atoms with Gasteiger partial charge < -0.3 is 0 Å². The SMILES string of the molecule is Cn1[nH]c(-c2ccc(Cl)cc2Br)nc1=S. The first-order valence-electron chi connectivity index (χ1n) is 4.16. The molecule has 0 radical (unpaired) electrons. The maximum atomic E-state index is 5.85. The molecule has 0 spiro atoms. The summed E-state index contributed by atoms with van der Waals surface area (Å²) in [4.78, 5) is 4.22. The predicted molar refractivity (Wildman–Crippen MR) is 66.5 cm³/mol. The molecule has 0 saturated carbocycles. The topological polar surface area (TPSA) is 33.6 Å². The Morgan fingerprint density at radius 1 is 1.53 bits per heavy atom. The Kier molecular flexibility index (Phi) is 2.95. The molecule has 1 aromatic carbocycles. The summed E-state index contributed by atoms with van der Waals surface area (Å²) in [5.41, 5.74) is 0.936. The van der Waals surface area contributed by atoms with Crippen LogP contribution in [-0.4, -0.2) is 14.8 Å². The van der Waals surface area contributed by atoms with E-state index in [1.54, 1.807) is 4.68 Å². The van der Waals surface area contributed by atoms with Crippen molar-refractivity contribution in [2.75, 3.05) is 0 Å². The number of aromatic amines is 1. The fraction of sp³-hybridized carbons (Fsp3) is 0.111. The predicted octanol–water partition coefficient (Wildman–Crippen LogP) is 3.56. The first-order chi connectivity index (χ1) is 7.08. The van der Waals surface area contributed by atoms with Crippen molar-refractivity contribution in [2.45, 2.75) is 0 Å². The van der Waals surface area contributed by atoms with Crippen molar-refractivity contribution in [3.63, 3.8) is 0 Å². The lowest BCUT2D eigenvalue weighted by Gasteiger charge is -2.00. The van der Waals surface area contributed by atoms with Crippen LogP contribution in [0.1, 0.15) is 0 Å². The van der Waals surface area contributed by atoms with Crippen LogP contribution in [0.25, 0.3) is 11.4 Å². The third kappa shape index (κ3) is 2.14. The van der Waals surface area contributed by atoms with Crippen LogP contribution in [0, 0.1) is 4.77 Å². The molecular formula is C9H7BrClN3S. The highest BCUT2D eigenvalue weighted by Crippen LogP contribution is 2.28. The molecule has 0 saturated heterocycles. The highest BCUT2D eigenvalue weighted by atomic mass is 79.9. The third-order valence-electron chi connectivity index (χ3n) is 1.95. The minimum Gasteiger partial charge on any atom is -0.279 e. The van der Waals surface area contributed by atoms with Crippen molar-refractivity contribution in [1.82, 2.24) is 14.8 Å². The lowest BCUT2D eigenvalue weighted by atomic mass is 10.2. The van der Waals surface area contributed by atoms with Crippen LogP contribution in [0.4, 0.5) is 0 Å². The van der Waals surface area contributed by atoms with Gasteiger partial charge in [-0.05, 0) is 46.3 Å². The molecule has 6 heteroatoms. The number of halogens is 2. The quantitative estimate of drug-likeness (QED) is 0.817. The largest absolute Gasteiger partial charge is 0.279 e. The lowest BCUT2D eigenvalue weighted by molar-refractivity contribution is 0.756. The Labute approximate surface area is 105 Å². The molecule has 2 aromatic rings. The molecule has 1 N–H and O–H groups in total. The van der Waals surface area contributed by atoms with Gasteiger partial charge in [0.25, 0.3) is 0 Å². The van der Waals surface area contributed by atoms with Crippen molar-refractivity contribution in [2.24, 2.45) is 7.05 Å². The summed E-state index contributed by atoms with van der Waals surface area (Å²) < 4.78 is 3.09. The molecule has 1 aromatic heterocycles. The minimum atomic E-state index is 0.520. The number of nitrogens with one attached hydrogen (secondary N) is 1. The van der Waals surface area contributed by atoms with E-state index in [0.29, 0.717) is 9.79 Å². The van der Waals surface area contributed by atoms with Gasteiger partial charge in [-0.2, -0.15) is 4.98 Å². The van der Waals surface area contributed by atoms with E-state index < -0.39 is 0 Å². The molecule has 2 rings (SSSR count). The molecular weight excluding hydrogens is 298 g/mol. The van der Waals surface area contributed by atoms with Crippen LogP contribution in [0.2, 0.25) is 5.02 Å². The number of aromatic nitrogens is 3. The molecule has 0 aliphatic rings. The van der Waals surface area contributed by atoms with E-state index in [1.807, 2.05) is 25.2 Å². The van der Waals surface area contributed by atoms with Crippen LogP contribution < -0.4 is 0 Å². The number of aryl methyl sites for hydroxylation is 1. The van der Waals surface area contributed by atoms with Crippen LogP contribution in [0.15, 0.2) is 22.7 Å². The summed E-state index contributed by atoms with van der Waals surface area (Å²) in [7, 11) is 1.82. The summed E-state index contributed by atoms with van der Waals surface area (Å²) >= 11 is 14.3. The smallest absolute Gasteiger partial charge is 0.216 e. The van der Waals surface area contributed by atoms with Crippen molar-refractivity contribution in [1.29, 1.82) is 0 Å². The zero-order chi connectivity index (χ0) is 11.0. The zero-order valence-corrected chi connectivity index (χ0v) is 10.9. The molecule has 0 atom stereocenters. The van der Waals surface area contributed by atoms with Gasteiger partial charge >= 0.3 is 0 Å². The standard InChI is InChI=1S/C9H7BrClN3S/c1-14-9(15)12-8(13-14)6-3-2-5(11)4-7(6)10/h2-4H,1H3,(H,12,13,15). The van der Waals surface area contributed by atoms with Gasteiger partial charge in [0.1, 0.15) is 0 Å². The fourth-order valence-electron chi connectivity index (χ4n) is 1.20. The normalized spacial score (nSPS) is 10.6. The molecule has 15 heavy (non-hydrogen) atoms. The van der Waals surface area contributed by atoms with Gasteiger partial charge in [0.2, 0.25) is 4.77 Å². The van der Waals surface area contributed by atoms with Crippen LogP contribution in [0.5, 0.6) is 0 Å². The van der Waals surface area contributed by atoms with Crippen molar-refractivity contribution >= 4 is 39.7 Å². The van der Waals surface area contributed by atoms with Gasteiger partial charge in [-0.1, -0.05) is 11.6 Å². The second-order valence-corrected chi connectivity index (χ2v) is 4.69. The van der Waals surface area contributed by atoms with E-state index in [-0.39, 0.29) is 0 Å². The van der Waals surface area contributed by atoms with Gasteiger partial charge in [-0.25, -0.2) is 0 Å². The number of H-pyrrole nitrogens is 1. The molecule has 0 unspecified atom stereocenters. The zero-order valence-electron chi connectivity index (χ0n) is 7.79. The van der Waals surface area contributed by atoms with Gasteiger partial charge in [0.15, 0.2) is 5.82 Å². The Balaban J connectivity index is 2.59.